The standard InChI is InChI=1S/C7H13NO2/c1-5(9)7(4-8-3)6(2)10/h7-8H,4H2,1-3H3. The van der Waals surface area contributed by atoms with Gasteiger partial charge in [-0.15, -0.1) is 0 Å². The first kappa shape index (κ1) is 9.30. The van der Waals surface area contributed by atoms with Crippen LogP contribution in [0.25, 0.3) is 0 Å². The lowest BCUT2D eigenvalue weighted by Crippen LogP contribution is -2.29. The molecule has 0 aliphatic rings. The molecule has 58 valence electrons. The molecule has 3 nitrogen and oxygen atoms in total. The molecule has 0 amide bonds. The van der Waals surface area contributed by atoms with Crippen LogP contribution in [0, 0.1) is 5.92 Å². The minimum Gasteiger partial charge on any atom is -0.319 e. The van der Waals surface area contributed by atoms with Gasteiger partial charge < -0.3 is 5.32 Å². The maximum Gasteiger partial charge on any atom is 0.141 e. The van der Waals surface area contributed by atoms with Gasteiger partial charge in [0.2, 0.25) is 0 Å². The molecule has 0 radical (unpaired) electrons. The van der Waals surface area contributed by atoms with Gasteiger partial charge in [0.25, 0.3) is 0 Å². The van der Waals surface area contributed by atoms with Crippen LogP contribution in [0.5, 0.6) is 0 Å². The van der Waals surface area contributed by atoms with Gasteiger partial charge in [0.15, 0.2) is 0 Å². The number of nitrogens with one attached hydrogen (secondary N) is 1. The number of hydrogen-bond acceptors (Lipinski definition) is 3. The minimum absolute atomic E-state index is 0.0677. The first-order valence-corrected chi connectivity index (χ1v) is 3.25. The number of carbonyl (C=O) groups is 2. The zero-order valence-corrected chi connectivity index (χ0v) is 6.60. The van der Waals surface area contributed by atoms with Gasteiger partial charge in [0.05, 0.1) is 5.92 Å². The lowest BCUT2D eigenvalue weighted by atomic mass is 10.0. The molecule has 0 aromatic heterocycles. The average Bonchev–Trinajstić information content (AvgIpc) is 1.81. The van der Waals surface area contributed by atoms with Crippen LogP contribution >= 0.6 is 0 Å². The summed E-state index contributed by atoms with van der Waals surface area (Å²) in [6.45, 7) is 3.32. The van der Waals surface area contributed by atoms with Crippen molar-refractivity contribution >= 4 is 11.6 Å². The topological polar surface area (TPSA) is 46.2 Å². The second-order valence-corrected chi connectivity index (χ2v) is 2.33. The lowest BCUT2D eigenvalue weighted by Gasteiger charge is -2.07. The van der Waals surface area contributed by atoms with Crippen molar-refractivity contribution in [2.24, 2.45) is 5.92 Å². The Bertz CT molecular complexity index is 129. The molecule has 0 aliphatic carbocycles. The van der Waals surface area contributed by atoms with Crippen molar-refractivity contribution in [3.05, 3.63) is 0 Å². The van der Waals surface area contributed by atoms with Crippen molar-refractivity contribution < 1.29 is 9.59 Å². The van der Waals surface area contributed by atoms with E-state index in [2.05, 4.69) is 5.32 Å². The molecule has 0 saturated carbocycles. The van der Waals surface area contributed by atoms with Gasteiger partial charge in [0.1, 0.15) is 11.6 Å². The predicted molar refractivity (Wildman–Crippen MR) is 38.8 cm³/mol. The summed E-state index contributed by atoms with van der Waals surface area (Å²) in [5.74, 6) is -0.589. The Morgan fingerprint density at radius 1 is 1.30 bits per heavy atom. The summed E-state index contributed by atoms with van der Waals surface area (Å²) in [6, 6.07) is 0. The summed E-state index contributed by atoms with van der Waals surface area (Å²) in [4.78, 5) is 21.4. The van der Waals surface area contributed by atoms with Gasteiger partial charge in [0, 0.05) is 6.54 Å². The van der Waals surface area contributed by atoms with Crippen LogP contribution in [0.1, 0.15) is 13.8 Å². The Hall–Kier alpha value is -0.700. The largest absolute Gasteiger partial charge is 0.319 e. The first-order valence-electron chi connectivity index (χ1n) is 3.25. The fraction of sp³-hybridized carbons (Fsp3) is 0.714. The predicted octanol–water partition coefficient (Wildman–Crippen LogP) is 0. The molecule has 10 heavy (non-hydrogen) atoms. The summed E-state index contributed by atoms with van der Waals surface area (Å²) < 4.78 is 0. The van der Waals surface area contributed by atoms with Gasteiger partial charge in [-0.3, -0.25) is 9.59 Å². The van der Waals surface area contributed by atoms with E-state index in [1.54, 1.807) is 7.05 Å². The van der Waals surface area contributed by atoms with Crippen molar-refractivity contribution in [2.45, 2.75) is 13.8 Å². The third-order valence-electron chi connectivity index (χ3n) is 1.39. The fourth-order valence-corrected chi connectivity index (χ4v) is 0.778. The van der Waals surface area contributed by atoms with E-state index < -0.39 is 5.92 Å². The van der Waals surface area contributed by atoms with E-state index >= 15 is 0 Å². The Labute approximate surface area is 60.8 Å². The molecule has 0 rings (SSSR count). The summed E-state index contributed by atoms with van der Waals surface area (Å²) in [6.07, 6.45) is 0. The van der Waals surface area contributed by atoms with Crippen LogP contribution in [-0.4, -0.2) is 25.2 Å². The summed E-state index contributed by atoms with van der Waals surface area (Å²) in [5.41, 5.74) is 0. The molecule has 0 atom stereocenters. The van der Waals surface area contributed by atoms with Gasteiger partial charge >= 0.3 is 0 Å². The number of ketones is 2. The van der Waals surface area contributed by atoms with Gasteiger partial charge in [-0.2, -0.15) is 0 Å². The Balaban J connectivity index is 3.98. The summed E-state index contributed by atoms with van der Waals surface area (Å²) in [5, 5.41) is 2.79. The molecule has 0 aromatic carbocycles. The maximum atomic E-state index is 10.7. The monoisotopic (exact) mass is 143 g/mol. The van der Waals surface area contributed by atoms with E-state index in [1.165, 1.54) is 13.8 Å². The van der Waals surface area contributed by atoms with Crippen LogP contribution in [0.3, 0.4) is 0 Å². The molecule has 0 bridgehead atoms. The minimum atomic E-state index is -0.454. The zero-order valence-electron chi connectivity index (χ0n) is 6.60. The molecule has 0 aromatic rings. The Kier molecular flexibility index (Phi) is 3.88. The van der Waals surface area contributed by atoms with Gasteiger partial charge in [-0.1, -0.05) is 0 Å². The number of Topliss-reactive ketones (excluding diaryl/α,β-unsaturated/α-hetero) is 2. The van der Waals surface area contributed by atoms with E-state index in [0.29, 0.717) is 6.54 Å². The first-order chi connectivity index (χ1) is 4.59. The molecule has 0 saturated heterocycles. The summed E-state index contributed by atoms with van der Waals surface area (Å²) >= 11 is 0. The number of carbonyl (C=O) groups excluding carboxylic acids is 2. The highest BCUT2D eigenvalue weighted by atomic mass is 16.1. The molecule has 3 heteroatoms. The Morgan fingerprint density at radius 2 is 1.70 bits per heavy atom. The lowest BCUT2D eigenvalue weighted by molar-refractivity contribution is -0.130. The third-order valence-corrected chi connectivity index (χ3v) is 1.39. The van der Waals surface area contributed by atoms with Crippen LogP contribution in [-0.2, 0) is 9.59 Å². The van der Waals surface area contributed by atoms with E-state index in [9.17, 15) is 9.59 Å². The van der Waals surface area contributed by atoms with E-state index in [4.69, 9.17) is 0 Å². The van der Waals surface area contributed by atoms with Crippen molar-refractivity contribution in [1.29, 1.82) is 0 Å². The molecular formula is C7H13NO2. The molecule has 0 heterocycles. The van der Waals surface area contributed by atoms with Crippen LogP contribution in [0.4, 0.5) is 0 Å². The second kappa shape index (κ2) is 4.17. The highest BCUT2D eigenvalue weighted by molar-refractivity contribution is 6.00. The average molecular weight is 143 g/mol. The smallest absolute Gasteiger partial charge is 0.141 e. The quantitative estimate of drug-likeness (QED) is 0.563. The van der Waals surface area contributed by atoms with Crippen molar-refractivity contribution in [1.82, 2.24) is 5.32 Å². The highest BCUT2D eigenvalue weighted by Gasteiger charge is 2.17. The van der Waals surface area contributed by atoms with E-state index in [-0.39, 0.29) is 11.6 Å². The van der Waals surface area contributed by atoms with E-state index in [0.717, 1.165) is 0 Å². The molecule has 1 N–H and O–H groups in total. The number of hydrogen-bond donors (Lipinski definition) is 1. The van der Waals surface area contributed by atoms with Gasteiger partial charge in [-0.25, -0.2) is 0 Å². The van der Waals surface area contributed by atoms with Crippen molar-refractivity contribution in [3.8, 4) is 0 Å². The maximum absolute atomic E-state index is 10.7. The molecule has 0 spiro atoms. The van der Waals surface area contributed by atoms with Gasteiger partial charge in [-0.05, 0) is 20.9 Å². The van der Waals surface area contributed by atoms with Crippen LogP contribution in [0.2, 0.25) is 0 Å². The fourth-order valence-electron chi connectivity index (χ4n) is 0.778. The van der Waals surface area contributed by atoms with Crippen molar-refractivity contribution in [3.63, 3.8) is 0 Å². The van der Waals surface area contributed by atoms with Crippen LogP contribution in [0.15, 0.2) is 0 Å². The SMILES string of the molecule is CNCC(C(C)=O)C(C)=O. The molecule has 0 unspecified atom stereocenters. The highest BCUT2D eigenvalue weighted by Crippen LogP contribution is 1.97. The van der Waals surface area contributed by atoms with Crippen LogP contribution < -0.4 is 5.32 Å². The second-order valence-electron chi connectivity index (χ2n) is 2.33. The third kappa shape index (κ3) is 2.73. The zero-order chi connectivity index (χ0) is 8.15. The normalized spacial score (nSPS) is 10.0. The summed E-state index contributed by atoms with van der Waals surface area (Å²) in [7, 11) is 1.72. The Morgan fingerprint density at radius 3 is 1.80 bits per heavy atom. The number of rotatable bonds is 4. The van der Waals surface area contributed by atoms with Crippen molar-refractivity contribution in [2.75, 3.05) is 13.6 Å². The van der Waals surface area contributed by atoms with E-state index in [1.807, 2.05) is 0 Å². The molecular weight excluding hydrogens is 130 g/mol. The molecule has 0 aliphatic heterocycles. The molecule has 0 fully saturated rings.